The molecule has 0 radical (unpaired) electrons. The maximum absolute atomic E-state index is 6.98. The van der Waals surface area contributed by atoms with Crippen LogP contribution < -0.4 is 0 Å². The summed E-state index contributed by atoms with van der Waals surface area (Å²) in [4.78, 5) is 0. The number of rotatable bonds is 0. The average molecular weight is 353 g/mol. The Bertz CT molecular complexity index is 1030. The Morgan fingerprint density at radius 3 is 0.550 bits per heavy atom. The molecule has 0 aliphatic heterocycles. The molecule has 0 saturated heterocycles. The molecule has 0 aliphatic carbocycles. The maximum Gasteiger partial charge on any atom is 0.0739 e. The van der Waals surface area contributed by atoms with Gasteiger partial charge < -0.3 is 0 Å². The van der Waals surface area contributed by atoms with E-state index < -0.39 is 0 Å². The van der Waals surface area contributed by atoms with E-state index in [1.54, 1.807) is 0 Å². The predicted molar refractivity (Wildman–Crippen MR) is 97.3 cm³/mol. The van der Waals surface area contributed by atoms with E-state index in [1.165, 1.54) is 0 Å². The van der Waals surface area contributed by atoms with Gasteiger partial charge in [0.25, 0.3) is 0 Å². The second kappa shape index (κ2) is 14.2. The summed E-state index contributed by atoms with van der Waals surface area (Å²) in [5, 5.41) is 0.0370. The van der Waals surface area contributed by atoms with Crippen molar-refractivity contribution in [3.8, 4) is 0 Å². The molecule has 0 nitrogen and oxygen atoms in total. The molecule has 20 heavy (non-hydrogen) atoms. The first-order valence-electron chi connectivity index (χ1n) is 12.6. The lowest BCUT2D eigenvalue weighted by molar-refractivity contribution is 2.03. The normalized spacial score (nSPS) is 19.2. The Morgan fingerprint density at radius 2 is 0.500 bits per heavy atom. The first-order chi connectivity index (χ1) is 16.5. The van der Waals surface area contributed by atoms with Gasteiger partial charge in [-0.2, -0.15) is 45.3 Å². The molecule has 0 atom stereocenters. The Hall–Kier alpha value is -1.20. The fourth-order valence-electron chi connectivity index (χ4n) is 0.510. The molecule has 0 spiro atoms. The summed E-state index contributed by atoms with van der Waals surface area (Å²) >= 11 is 3.42. The molecule has 4 rings (SSSR count). The molecule has 0 bridgehead atoms. The third-order valence-corrected chi connectivity index (χ3v) is 2.70. The quantitative estimate of drug-likeness (QED) is 0.320. The van der Waals surface area contributed by atoms with Crippen LogP contribution >= 0.6 is 45.3 Å². The third kappa shape index (κ3) is 11.9. The van der Waals surface area contributed by atoms with Gasteiger partial charge in [-0.25, -0.2) is 0 Å². The first-order valence-corrected chi connectivity index (χ1v) is 7.90. The maximum atomic E-state index is 6.98. The van der Waals surface area contributed by atoms with Crippen LogP contribution in [0.4, 0.5) is 0 Å². The van der Waals surface area contributed by atoms with Crippen LogP contribution in [-0.2, 0) is 0 Å². The molecule has 0 aliphatic rings. The first kappa shape index (κ1) is 4.92. The van der Waals surface area contributed by atoms with E-state index in [0.29, 0.717) is 0 Å². The highest BCUT2D eigenvalue weighted by molar-refractivity contribution is 7.08. The van der Waals surface area contributed by atoms with E-state index in [2.05, 4.69) is 0 Å². The molecular formula is C16H16S4. The van der Waals surface area contributed by atoms with Crippen molar-refractivity contribution in [2.45, 2.75) is 0 Å². The Labute approximate surface area is 159 Å². The SMILES string of the molecule is [2H]c1sc([2H])c([2H])c1[2H].[2H]c1sc([2H])c([2H])c1[2H].[2H]c1sc([2H])c([2H])c1[2H].[2H]c1sc([2H])c([2H])c1[2H]. The van der Waals surface area contributed by atoms with Gasteiger partial charge in [-0.05, 0) is 42.8 Å². The van der Waals surface area contributed by atoms with Crippen LogP contribution in [-0.4, -0.2) is 0 Å². The predicted octanol–water partition coefficient (Wildman–Crippen LogP) is 6.99. The lowest BCUT2D eigenvalue weighted by Gasteiger charge is -1.39. The van der Waals surface area contributed by atoms with Crippen LogP contribution in [0.1, 0.15) is 21.9 Å². The van der Waals surface area contributed by atoms with Crippen LogP contribution in [0.3, 0.4) is 0 Å². The van der Waals surface area contributed by atoms with E-state index in [9.17, 15) is 0 Å². The molecule has 0 aromatic carbocycles. The summed E-state index contributed by atoms with van der Waals surface area (Å²) in [5.41, 5.74) is 0. The van der Waals surface area contributed by atoms with Gasteiger partial charge in [0.2, 0.25) is 0 Å². The fourth-order valence-corrected chi connectivity index (χ4v) is 1.53. The Morgan fingerprint density at radius 1 is 0.350 bits per heavy atom. The second-order valence-corrected chi connectivity index (χ2v) is 4.67. The van der Waals surface area contributed by atoms with E-state index in [0.717, 1.165) is 45.3 Å². The van der Waals surface area contributed by atoms with Gasteiger partial charge in [-0.3, -0.25) is 0 Å². The minimum atomic E-state index is -0.134. The molecule has 0 unspecified atom stereocenters. The van der Waals surface area contributed by atoms with Crippen molar-refractivity contribution in [3.05, 3.63) is 91.2 Å². The van der Waals surface area contributed by atoms with E-state index in [4.69, 9.17) is 21.9 Å². The highest BCUT2D eigenvalue weighted by Crippen LogP contribution is 1.93. The van der Waals surface area contributed by atoms with Crippen molar-refractivity contribution in [2.24, 2.45) is 0 Å². The lowest BCUT2D eigenvalue weighted by Crippen LogP contribution is -1.16. The summed E-state index contributed by atoms with van der Waals surface area (Å²) < 4.78 is 112. The number of thiophene rings is 4. The molecule has 104 valence electrons. The monoisotopic (exact) mass is 352 g/mol. The molecule has 0 saturated carbocycles. The summed E-state index contributed by atoms with van der Waals surface area (Å²) in [5.74, 6) is 0. The van der Waals surface area contributed by atoms with Crippen molar-refractivity contribution in [3.63, 3.8) is 0 Å². The molecule has 0 fully saturated rings. The molecule has 4 aromatic heterocycles. The van der Waals surface area contributed by atoms with Gasteiger partial charge in [0.05, 0.1) is 21.9 Å². The zero-order valence-corrected chi connectivity index (χ0v) is 12.9. The minimum Gasteiger partial charge on any atom is -0.152 e. The minimum absolute atomic E-state index is 0.00463. The van der Waals surface area contributed by atoms with Gasteiger partial charge in [0.1, 0.15) is 0 Å². The smallest absolute Gasteiger partial charge is 0.0739 e. The van der Waals surface area contributed by atoms with Crippen LogP contribution in [0.2, 0.25) is 0 Å². The molecular weight excluding hydrogens is 320 g/mol. The number of hydrogen-bond donors (Lipinski definition) is 0. The molecule has 4 heteroatoms. The van der Waals surface area contributed by atoms with Gasteiger partial charge in [-0.1, -0.05) is 48.3 Å². The summed E-state index contributed by atoms with van der Waals surface area (Å²) in [6.07, 6.45) is 0. The molecule has 4 heterocycles. The molecule has 0 N–H and O–H groups in total. The van der Waals surface area contributed by atoms with Crippen molar-refractivity contribution >= 4 is 45.3 Å². The standard InChI is InChI=1S/4C4H4S/c4*1-2-4-5-3-1/h4*1-4H/i4*1D,2D,3D,4D. The van der Waals surface area contributed by atoms with Crippen molar-refractivity contribution in [1.29, 1.82) is 0 Å². The Balaban J connectivity index is 0.000000240. The average Bonchev–Trinajstić information content (AvgIpc) is 3.37. The third-order valence-electron chi connectivity index (χ3n) is 1.07. The Kier molecular flexibility index (Phi) is 3.50. The zero-order valence-electron chi connectivity index (χ0n) is 25.6. The molecule has 0 amide bonds. The van der Waals surface area contributed by atoms with Crippen molar-refractivity contribution < 1.29 is 21.9 Å². The van der Waals surface area contributed by atoms with E-state index >= 15 is 0 Å². The topological polar surface area (TPSA) is 0 Å². The number of hydrogen-bond acceptors (Lipinski definition) is 4. The van der Waals surface area contributed by atoms with Gasteiger partial charge in [0, 0.05) is 0 Å². The summed E-state index contributed by atoms with van der Waals surface area (Å²) in [6, 6.07) is -1.07. The highest BCUT2D eigenvalue weighted by Gasteiger charge is 1.60. The van der Waals surface area contributed by atoms with Crippen LogP contribution in [0.15, 0.2) is 91.2 Å². The van der Waals surface area contributed by atoms with Gasteiger partial charge >= 0.3 is 0 Å². The van der Waals surface area contributed by atoms with E-state index in [1.807, 2.05) is 0 Å². The zero-order chi connectivity index (χ0) is 28.1. The molecule has 4 aromatic rings. The highest BCUT2D eigenvalue weighted by atomic mass is 32.1. The van der Waals surface area contributed by atoms with Crippen LogP contribution in [0.25, 0.3) is 0 Å². The fraction of sp³-hybridized carbons (Fsp3) is 0. The van der Waals surface area contributed by atoms with E-state index in [-0.39, 0.29) is 91.2 Å². The van der Waals surface area contributed by atoms with Crippen molar-refractivity contribution in [1.82, 2.24) is 0 Å². The largest absolute Gasteiger partial charge is 0.152 e. The van der Waals surface area contributed by atoms with Crippen molar-refractivity contribution in [2.75, 3.05) is 0 Å². The lowest BCUT2D eigenvalue weighted by atomic mass is 10.7. The second-order valence-electron chi connectivity index (χ2n) is 2.22. The van der Waals surface area contributed by atoms with Gasteiger partial charge in [-0.15, -0.1) is 0 Å². The summed E-state index contributed by atoms with van der Waals surface area (Å²) in [7, 11) is 0. The van der Waals surface area contributed by atoms with Crippen LogP contribution in [0, 0.1) is 0 Å². The van der Waals surface area contributed by atoms with Gasteiger partial charge in [0.15, 0.2) is 0 Å². The van der Waals surface area contributed by atoms with Crippen LogP contribution in [0.5, 0.6) is 0 Å². The summed E-state index contributed by atoms with van der Waals surface area (Å²) in [6.45, 7) is 0.